The SMILES string of the molecule is O=c1[nH]cnc2c1C(c1ccc(Cl)cc1)c1c(c3ccccc3oc1=O)O2. The molecule has 0 fully saturated rings. The molecule has 1 atom stereocenters. The highest BCUT2D eigenvalue weighted by atomic mass is 35.5. The van der Waals surface area contributed by atoms with E-state index >= 15 is 0 Å². The van der Waals surface area contributed by atoms with E-state index in [9.17, 15) is 9.59 Å². The second-order valence-corrected chi connectivity index (χ2v) is 6.60. The van der Waals surface area contributed by atoms with Crippen molar-refractivity contribution in [1.29, 1.82) is 0 Å². The molecule has 0 amide bonds. The van der Waals surface area contributed by atoms with Gasteiger partial charge in [0.15, 0.2) is 5.75 Å². The molecule has 2 aromatic carbocycles. The van der Waals surface area contributed by atoms with E-state index in [1.54, 1.807) is 42.5 Å². The number of aromatic nitrogens is 2. The molecular weight excluding hydrogens is 368 g/mol. The Labute approximate surface area is 157 Å². The topological polar surface area (TPSA) is 85.2 Å². The van der Waals surface area contributed by atoms with Crippen molar-refractivity contribution < 1.29 is 9.15 Å². The summed E-state index contributed by atoms with van der Waals surface area (Å²) >= 11 is 6.01. The second-order valence-electron chi connectivity index (χ2n) is 6.17. The van der Waals surface area contributed by atoms with E-state index in [2.05, 4.69) is 9.97 Å². The van der Waals surface area contributed by atoms with Gasteiger partial charge in [0.1, 0.15) is 5.58 Å². The number of hydrogen-bond acceptors (Lipinski definition) is 5. The molecular formula is C20H11ClN2O4. The van der Waals surface area contributed by atoms with Crippen LogP contribution in [0.1, 0.15) is 22.6 Å². The number of hydrogen-bond donors (Lipinski definition) is 1. The lowest BCUT2D eigenvalue weighted by atomic mass is 9.84. The molecule has 3 heterocycles. The lowest BCUT2D eigenvalue weighted by Gasteiger charge is -2.26. The Hall–Kier alpha value is -3.38. The summed E-state index contributed by atoms with van der Waals surface area (Å²) < 4.78 is 11.4. The first-order valence-electron chi connectivity index (χ1n) is 8.20. The van der Waals surface area contributed by atoms with Gasteiger partial charge in [0, 0.05) is 5.02 Å². The van der Waals surface area contributed by atoms with Crippen LogP contribution in [0.5, 0.6) is 11.6 Å². The van der Waals surface area contributed by atoms with Crippen molar-refractivity contribution >= 4 is 22.6 Å². The van der Waals surface area contributed by atoms with E-state index in [4.69, 9.17) is 20.8 Å². The third-order valence-corrected chi connectivity index (χ3v) is 4.88. The van der Waals surface area contributed by atoms with Crippen molar-refractivity contribution in [2.75, 3.05) is 0 Å². The van der Waals surface area contributed by atoms with E-state index in [1.807, 2.05) is 6.07 Å². The molecule has 0 saturated carbocycles. The summed E-state index contributed by atoms with van der Waals surface area (Å²) in [6.45, 7) is 0. The first-order valence-corrected chi connectivity index (χ1v) is 8.58. The zero-order chi connectivity index (χ0) is 18.5. The molecule has 27 heavy (non-hydrogen) atoms. The summed E-state index contributed by atoms with van der Waals surface area (Å²) in [4.78, 5) is 32.1. The minimum absolute atomic E-state index is 0.168. The zero-order valence-electron chi connectivity index (χ0n) is 13.7. The van der Waals surface area contributed by atoms with Gasteiger partial charge in [0.2, 0.25) is 5.88 Å². The molecule has 2 aromatic heterocycles. The Kier molecular flexibility index (Phi) is 3.42. The first kappa shape index (κ1) is 15.8. The van der Waals surface area contributed by atoms with Gasteiger partial charge in [0.05, 0.1) is 28.8 Å². The predicted molar refractivity (Wildman–Crippen MR) is 99.8 cm³/mol. The number of benzene rings is 2. The van der Waals surface area contributed by atoms with Crippen LogP contribution in [0.15, 0.2) is 68.9 Å². The van der Waals surface area contributed by atoms with Crippen molar-refractivity contribution in [2.45, 2.75) is 5.92 Å². The fraction of sp³-hybridized carbons (Fsp3) is 0.0500. The molecule has 1 aliphatic heterocycles. The predicted octanol–water partition coefficient (Wildman–Crippen LogP) is 3.82. The maximum Gasteiger partial charge on any atom is 0.344 e. The van der Waals surface area contributed by atoms with Crippen molar-refractivity contribution in [3.05, 3.63) is 97.3 Å². The summed E-state index contributed by atoms with van der Waals surface area (Å²) in [7, 11) is 0. The fourth-order valence-corrected chi connectivity index (χ4v) is 3.58. The van der Waals surface area contributed by atoms with Gasteiger partial charge in [-0.2, -0.15) is 0 Å². The fourth-order valence-electron chi connectivity index (χ4n) is 3.45. The van der Waals surface area contributed by atoms with Crippen LogP contribution in [0.3, 0.4) is 0 Å². The van der Waals surface area contributed by atoms with E-state index in [-0.39, 0.29) is 22.6 Å². The highest BCUT2D eigenvalue weighted by Crippen LogP contribution is 2.46. The molecule has 0 aliphatic carbocycles. The van der Waals surface area contributed by atoms with Crippen molar-refractivity contribution in [3.63, 3.8) is 0 Å². The molecule has 1 aliphatic rings. The van der Waals surface area contributed by atoms with Crippen LogP contribution in [0.4, 0.5) is 0 Å². The van der Waals surface area contributed by atoms with Gasteiger partial charge in [-0.05, 0) is 29.8 Å². The Morgan fingerprint density at radius 3 is 2.59 bits per heavy atom. The number of rotatable bonds is 1. The highest BCUT2D eigenvalue weighted by Gasteiger charge is 2.36. The molecule has 5 rings (SSSR count). The van der Waals surface area contributed by atoms with Crippen molar-refractivity contribution in [1.82, 2.24) is 9.97 Å². The molecule has 1 N–H and O–H groups in total. The molecule has 132 valence electrons. The number of H-pyrrole nitrogens is 1. The third-order valence-electron chi connectivity index (χ3n) is 4.63. The largest absolute Gasteiger partial charge is 0.437 e. The molecule has 0 saturated heterocycles. The third kappa shape index (κ3) is 2.38. The molecule has 0 bridgehead atoms. The molecule has 6 nitrogen and oxygen atoms in total. The lowest BCUT2D eigenvalue weighted by Crippen LogP contribution is -2.27. The molecule has 7 heteroatoms. The van der Waals surface area contributed by atoms with Crippen LogP contribution < -0.4 is 15.9 Å². The number of nitrogens with zero attached hydrogens (tertiary/aromatic N) is 1. The van der Waals surface area contributed by atoms with E-state index in [0.29, 0.717) is 27.3 Å². The zero-order valence-corrected chi connectivity index (χ0v) is 14.5. The first-order chi connectivity index (χ1) is 13.1. The highest BCUT2D eigenvalue weighted by molar-refractivity contribution is 6.30. The maximum atomic E-state index is 12.8. The number of para-hydroxylation sites is 1. The summed E-state index contributed by atoms with van der Waals surface area (Å²) in [5, 5.41) is 1.19. The van der Waals surface area contributed by atoms with Gasteiger partial charge in [-0.1, -0.05) is 35.9 Å². The van der Waals surface area contributed by atoms with Crippen LogP contribution in [0.2, 0.25) is 5.02 Å². The second kappa shape index (κ2) is 5.82. The molecule has 0 spiro atoms. The standard InChI is InChI=1S/C20H11ClN2O4/c21-11-7-5-10(6-8-11)14-15-17(27-19-16(14)18(24)22-9-23-19)12-3-1-2-4-13(12)26-20(15)25/h1-9,14H,(H,22,23,24). The number of ether oxygens (including phenoxy) is 1. The van der Waals surface area contributed by atoms with E-state index < -0.39 is 11.5 Å². The molecule has 1 unspecified atom stereocenters. The van der Waals surface area contributed by atoms with Gasteiger partial charge >= 0.3 is 5.63 Å². The van der Waals surface area contributed by atoms with Crippen molar-refractivity contribution in [2.24, 2.45) is 0 Å². The van der Waals surface area contributed by atoms with Crippen LogP contribution in [-0.2, 0) is 0 Å². The van der Waals surface area contributed by atoms with Gasteiger partial charge in [-0.3, -0.25) is 4.79 Å². The van der Waals surface area contributed by atoms with E-state index in [0.717, 1.165) is 0 Å². The van der Waals surface area contributed by atoms with Crippen LogP contribution >= 0.6 is 11.6 Å². The Balaban J connectivity index is 1.91. The molecule has 0 radical (unpaired) electrons. The summed E-state index contributed by atoms with van der Waals surface area (Å²) in [5.74, 6) is -0.159. The summed E-state index contributed by atoms with van der Waals surface area (Å²) in [6.07, 6.45) is 1.28. The number of halogens is 1. The molecule has 4 aromatic rings. The summed E-state index contributed by atoms with van der Waals surface area (Å²) in [5.41, 5.74) is 0.711. The number of fused-ring (bicyclic) bond motifs is 4. The van der Waals surface area contributed by atoms with Gasteiger partial charge in [-0.25, -0.2) is 9.78 Å². The van der Waals surface area contributed by atoms with Crippen LogP contribution in [0.25, 0.3) is 11.0 Å². The monoisotopic (exact) mass is 378 g/mol. The maximum absolute atomic E-state index is 12.8. The smallest absolute Gasteiger partial charge is 0.344 e. The number of nitrogens with one attached hydrogen (secondary N) is 1. The van der Waals surface area contributed by atoms with E-state index in [1.165, 1.54) is 6.33 Å². The Morgan fingerprint density at radius 1 is 1.00 bits per heavy atom. The van der Waals surface area contributed by atoms with Gasteiger partial charge < -0.3 is 14.1 Å². The van der Waals surface area contributed by atoms with Crippen LogP contribution in [0, 0.1) is 0 Å². The Morgan fingerprint density at radius 2 is 1.78 bits per heavy atom. The summed E-state index contributed by atoms with van der Waals surface area (Å²) in [6, 6.07) is 14.0. The lowest BCUT2D eigenvalue weighted by molar-refractivity contribution is 0.420. The average molecular weight is 379 g/mol. The quantitative estimate of drug-likeness (QED) is 0.448. The normalized spacial score (nSPS) is 15.1. The number of aromatic amines is 1. The van der Waals surface area contributed by atoms with Crippen molar-refractivity contribution in [3.8, 4) is 11.6 Å². The van der Waals surface area contributed by atoms with Gasteiger partial charge in [0.25, 0.3) is 5.56 Å². The average Bonchev–Trinajstić information content (AvgIpc) is 2.68. The minimum atomic E-state index is -0.681. The Bertz CT molecular complexity index is 1310. The van der Waals surface area contributed by atoms with Crippen LogP contribution in [-0.4, -0.2) is 9.97 Å². The van der Waals surface area contributed by atoms with Gasteiger partial charge in [-0.15, -0.1) is 0 Å². The minimum Gasteiger partial charge on any atom is -0.437 e.